The summed E-state index contributed by atoms with van der Waals surface area (Å²) in [6.45, 7) is 0.100. The number of carbonyl (C=O) groups excluding carboxylic acids is 2. The van der Waals surface area contributed by atoms with Gasteiger partial charge in [0, 0.05) is 17.7 Å². The highest BCUT2D eigenvalue weighted by molar-refractivity contribution is 6.33. The van der Waals surface area contributed by atoms with Gasteiger partial charge in [-0.05, 0) is 24.3 Å². The van der Waals surface area contributed by atoms with Crippen LogP contribution >= 0.6 is 0 Å². The highest BCUT2D eigenvalue weighted by Gasteiger charge is 2.51. The average Bonchev–Trinajstić information content (AvgIpc) is 3.44. The van der Waals surface area contributed by atoms with Gasteiger partial charge in [-0.15, -0.1) is 0 Å². The van der Waals surface area contributed by atoms with Crippen molar-refractivity contribution in [2.24, 2.45) is 0 Å². The van der Waals surface area contributed by atoms with E-state index >= 15 is 0 Å². The Morgan fingerprint density at radius 3 is 2.66 bits per heavy atom. The Kier molecular flexibility index (Phi) is 3.85. The van der Waals surface area contributed by atoms with Gasteiger partial charge in [-0.25, -0.2) is 4.90 Å². The molecule has 0 unspecified atom stereocenters. The second-order valence-electron chi connectivity index (χ2n) is 6.47. The number of carbonyl (C=O) groups is 2. The summed E-state index contributed by atoms with van der Waals surface area (Å²) < 4.78 is 21.3. The van der Waals surface area contributed by atoms with Crippen LogP contribution in [0.4, 0.5) is 5.69 Å². The van der Waals surface area contributed by atoms with Crippen LogP contribution < -0.4 is 29.3 Å². The topological polar surface area (TPSA) is 95.6 Å². The largest absolute Gasteiger partial charge is 0.497 e. The van der Waals surface area contributed by atoms with E-state index in [9.17, 15) is 9.59 Å². The Labute approximate surface area is 165 Å². The Bertz CT molecular complexity index is 1080. The number of hydrogen-bond acceptors (Lipinski definition) is 8. The lowest BCUT2D eigenvalue weighted by Gasteiger charge is -2.17. The molecule has 5 rings (SSSR count). The summed E-state index contributed by atoms with van der Waals surface area (Å²) in [5.41, 5.74) is 4.28. The second kappa shape index (κ2) is 6.42. The summed E-state index contributed by atoms with van der Waals surface area (Å²) in [7, 11) is 3.06. The lowest BCUT2D eigenvalue weighted by atomic mass is 10.0. The molecule has 0 aliphatic carbocycles. The first-order valence-corrected chi connectivity index (χ1v) is 8.78. The molecule has 2 amide bonds. The number of imide groups is 1. The van der Waals surface area contributed by atoms with Crippen molar-refractivity contribution in [2.75, 3.05) is 25.9 Å². The molecule has 0 saturated carbocycles. The normalized spacial score (nSPS) is 19.5. The van der Waals surface area contributed by atoms with Crippen molar-refractivity contribution >= 4 is 23.2 Å². The third-order valence-electron chi connectivity index (χ3n) is 4.98. The standard InChI is InChI=1S/C20H16N2O7/c1-25-11-4-5-12(14(8-11)26-2)17-16-18(29-21-17)20(24)22(19(16)23)10-3-6-13-15(7-10)28-9-27-13/h3-8,18,21H,9H2,1-2H3/t18-/m0/s1. The number of anilines is 1. The molecule has 0 spiro atoms. The molecule has 29 heavy (non-hydrogen) atoms. The third-order valence-corrected chi connectivity index (χ3v) is 4.98. The summed E-state index contributed by atoms with van der Waals surface area (Å²) in [5.74, 6) is 1.16. The number of nitrogens with one attached hydrogen (secondary N) is 1. The smallest absolute Gasteiger partial charge is 0.270 e. The Morgan fingerprint density at radius 2 is 1.86 bits per heavy atom. The van der Waals surface area contributed by atoms with E-state index in [0.29, 0.717) is 39.9 Å². The van der Waals surface area contributed by atoms with Gasteiger partial charge in [-0.2, -0.15) is 0 Å². The summed E-state index contributed by atoms with van der Waals surface area (Å²) in [6, 6.07) is 10.0. The molecular weight excluding hydrogens is 380 g/mol. The average molecular weight is 396 g/mol. The van der Waals surface area contributed by atoms with Gasteiger partial charge < -0.3 is 18.9 Å². The van der Waals surface area contributed by atoms with Crippen molar-refractivity contribution < 1.29 is 33.4 Å². The van der Waals surface area contributed by atoms with Crippen molar-refractivity contribution in [3.63, 3.8) is 0 Å². The third kappa shape index (κ3) is 2.51. The van der Waals surface area contributed by atoms with Gasteiger partial charge in [0.15, 0.2) is 17.6 Å². The number of fused-ring (bicyclic) bond motifs is 2. The van der Waals surface area contributed by atoms with Gasteiger partial charge in [0.2, 0.25) is 6.79 Å². The van der Waals surface area contributed by atoms with Crippen LogP contribution in [0.25, 0.3) is 5.70 Å². The molecule has 3 heterocycles. The van der Waals surface area contributed by atoms with E-state index in [4.69, 9.17) is 23.8 Å². The monoisotopic (exact) mass is 396 g/mol. The zero-order chi connectivity index (χ0) is 20.1. The molecule has 9 heteroatoms. The first-order chi connectivity index (χ1) is 14.1. The zero-order valence-electron chi connectivity index (χ0n) is 15.6. The number of methoxy groups -OCH3 is 2. The van der Waals surface area contributed by atoms with Crippen LogP contribution in [0.15, 0.2) is 42.0 Å². The maximum Gasteiger partial charge on any atom is 0.270 e. The fourth-order valence-corrected chi connectivity index (χ4v) is 3.57. The molecule has 1 fully saturated rings. The molecule has 148 valence electrons. The molecule has 3 aliphatic heterocycles. The van der Waals surface area contributed by atoms with E-state index in [1.165, 1.54) is 7.11 Å². The summed E-state index contributed by atoms with van der Waals surface area (Å²) in [6.07, 6.45) is -1.05. The van der Waals surface area contributed by atoms with Crippen molar-refractivity contribution in [1.82, 2.24) is 5.48 Å². The van der Waals surface area contributed by atoms with Gasteiger partial charge in [0.25, 0.3) is 11.8 Å². The highest BCUT2D eigenvalue weighted by Crippen LogP contribution is 2.41. The summed E-state index contributed by atoms with van der Waals surface area (Å²) in [4.78, 5) is 32.6. The molecule has 0 bridgehead atoms. The Balaban J connectivity index is 1.58. The summed E-state index contributed by atoms with van der Waals surface area (Å²) in [5, 5.41) is 0. The molecule has 0 radical (unpaired) electrons. The van der Waals surface area contributed by atoms with Crippen LogP contribution in [-0.2, 0) is 14.4 Å². The van der Waals surface area contributed by atoms with Crippen molar-refractivity contribution in [2.45, 2.75) is 6.10 Å². The zero-order valence-corrected chi connectivity index (χ0v) is 15.6. The number of rotatable bonds is 4. The van der Waals surface area contributed by atoms with E-state index in [2.05, 4.69) is 5.48 Å². The van der Waals surface area contributed by atoms with E-state index < -0.39 is 17.9 Å². The quantitative estimate of drug-likeness (QED) is 0.779. The minimum atomic E-state index is -1.05. The molecule has 1 saturated heterocycles. The van der Waals surface area contributed by atoms with Gasteiger partial charge in [0.05, 0.1) is 31.2 Å². The fourth-order valence-electron chi connectivity index (χ4n) is 3.57. The van der Waals surface area contributed by atoms with Crippen LogP contribution in [0.3, 0.4) is 0 Å². The number of amides is 2. The number of ether oxygens (including phenoxy) is 4. The fraction of sp³-hybridized carbons (Fsp3) is 0.200. The molecule has 2 aromatic rings. The Hall–Kier alpha value is -3.72. The number of hydrogen-bond donors (Lipinski definition) is 1. The highest BCUT2D eigenvalue weighted by atomic mass is 16.7. The maximum atomic E-state index is 13.2. The van der Waals surface area contributed by atoms with Crippen LogP contribution in [-0.4, -0.2) is 38.9 Å². The first-order valence-electron chi connectivity index (χ1n) is 8.78. The van der Waals surface area contributed by atoms with Crippen molar-refractivity contribution in [3.05, 3.63) is 47.5 Å². The molecule has 1 atom stereocenters. The van der Waals surface area contributed by atoms with Crippen LogP contribution in [0.2, 0.25) is 0 Å². The predicted molar refractivity (Wildman–Crippen MR) is 99.5 cm³/mol. The van der Waals surface area contributed by atoms with E-state index in [1.807, 2.05) is 0 Å². The lowest BCUT2D eigenvalue weighted by molar-refractivity contribution is -0.127. The maximum absolute atomic E-state index is 13.2. The van der Waals surface area contributed by atoms with Crippen LogP contribution in [0, 0.1) is 0 Å². The predicted octanol–water partition coefficient (Wildman–Crippen LogP) is 1.62. The summed E-state index contributed by atoms with van der Waals surface area (Å²) >= 11 is 0. The van der Waals surface area contributed by atoms with Gasteiger partial charge in [0.1, 0.15) is 11.5 Å². The van der Waals surface area contributed by atoms with Gasteiger partial charge in [-0.1, -0.05) is 0 Å². The van der Waals surface area contributed by atoms with Gasteiger partial charge in [-0.3, -0.25) is 19.9 Å². The second-order valence-corrected chi connectivity index (χ2v) is 6.47. The van der Waals surface area contributed by atoms with E-state index in [1.54, 1.807) is 43.5 Å². The van der Waals surface area contributed by atoms with Crippen molar-refractivity contribution in [1.29, 1.82) is 0 Å². The Morgan fingerprint density at radius 1 is 1.03 bits per heavy atom. The number of benzene rings is 2. The van der Waals surface area contributed by atoms with E-state index in [0.717, 1.165) is 4.90 Å². The lowest BCUT2D eigenvalue weighted by Crippen LogP contribution is -2.34. The number of hydroxylamine groups is 1. The SMILES string of the molecule is COc1ccc(C2=C3C(=O)N(c4ccc5c(c4)OCO5)C(=O)[C@H]3ON2)c(OC)c1. The van der Waals surface area contributed by atoms with Crippen LogP contribution in [0.1, 0.15) is 5.56 Å². The minimum absolute atomic E-state index is 0.100. The van der Waals surface area contributed by atoms with E-state index in [-0.39, 0.29) is 12.4 Å². The molecular formula is C20H16N2O7. The number of nitrogens with zero attached hydrogens (tertiary/aromatic N) is 1. The molecule has 2 aromatic carbocycles. The van der Waals surface area contributed by atoms with Crippen LogP contribution in [0.5, 0.6) is 23.0 Å². The van der Waals surface area contributed by atoms with Crippen molar-refractivity contribution in [3.8, 4) is 23.0 Å². The molecule has 3 aliphatic rings. The molecule has 0 aromatic heterocycles. The molecule has 9 nitrogen and oxygen atoms in total. The minimum Gasteiger partial charge on any atom is -0.497 e. The van der Waals surface area contributed by atoms with Gasteiger partial charge >= 0.3 is 0 Å². The molecule has 1 N–H and O–H groups in total. The first kappa shape index (κ1) is 17.4.